The lowest BCUT2D eigenvalue weighted by Gasteiger charge is -2.06. The first-order valence-electron chi connectivity index (χ1n) is 5.18. The van der Waals surface area contributed by atoms with Gasteiger partial charge in [0.05, 0.1) is 5.02 Å². The van der Waals surface area contributed by atoms with Crippen molar-refractivity contribution < 1.29 is 4.39 Å². The molecule has 0 radical (unpaired) electrons. The molecule has 0 saturated heterocycles. The lowest BCUT2D eigenvalue weighted by atomic mass is 10.2. The summed E-state index contributed by atoms with van der Waals surface area (Å²) in [5.74, 6) is 0.294. The minimum Gasteiger partial charge on any atom is -0.399 e. The second-order valence-electron chi connectivity index (χ2n) is 3.73. The van der Waals surface area contributed by atoms with Gasteiger partial charge in [-0.2, -0.15) is 0 Å². The van der Waals surface area contributed by atoms with Crippen molar-refractivity contribution in [1.29, 1.82) is 0 Å². The summed E-state index contributed by atoms with van der Waals surface area (Å²) >= 11 is 10.7. The Morgan fingerprint density at radius 2 is 2.00 bits per heavy atom. The molecule has 0 bridgehead atoms. The lowest BCUT2D eigenvalue weighted by molar-refractivity contribution is 0.627. The van der Waals surface area contributed by atoms with Gasteiger partial charge in [0.2, 0.25) is 0 Å². The molecule has 94 valence electrons. The molecule has 0 fully saturated rings. The molecule has 5 heteroatoms. The van der Waals surface area contributed by atoms with Gasteiger partial charge < -0.3 is 5.73 Å². The molecule has 0 heterocycles. The topological polar surface area (TPSA) is 26.0 Å². The van der Waals surface area contributed by atoms with Crippen molar-refractivity contribution in [3.63, 3.8) is 0 Å². The maximum atomic E-state index is 13.3. The Morgan fingerprint density at radius 1 is 1.22 bits per heavy atom. The van der Waals surface area contributed by atoms with Gasteiger partial charge >= 0.3 is 0 Å². The number of nitrogens with two attached hydrogens (primary N) is 1. The second kappa shape index (κ2) is 5.95. The minimum atomic E-state index is -0.383. The molecule has 2 aromatic carbocycles. The van der Waals surface area contributed by atoms with Crippen LogP contribution in [-0.2, 0) is 5.75 Å². The fourth-order valence-electron chi connectivity index (χ4n) is 1.42. The molecule has 0 unspecified atom stereocenters. The largest absolute Gasteiger partial charge is 0.399 e. The van der Waals surface area contributed by atoms with E-state index in [1.54, 1.807) is 17.8 Å². The van der Waals surface area contributed by atoms with Gasteiger partial charge in [-0.3, -0.25) is 0 Å². The summed E-state index contributed by atoms with van der Waals surface area (Å²) in [4.78, 5) is 1.07. The molecule has 2 aromatic rings. The summed E-state index contributed by atoms with van der Waals surface area (Å²) in [6.45, 7) is 0. The Kier molecular flexibility index (Phi) is 4.54. The first kappa shape index (κ1) is 13.7. The number of hydrogen-bond donors (Lipinski definition) is 1. The van der Waals surface area contributed by atoms with Gasteiger partial charge in [0.25, 0.3) is 0 Å². The number of benzene rings is 2. The van der Waals surface area contributed by atoms with E-state index in [1.165, 1.54) is 6.07 Å². The number of hydrogen-bond acceptors (Lipinski definition) is 2. The molecule has 0 saturated carbocycles. The lowest BCUT2D eigenvalue weighted by Crippen LogP contribution is -1.87. The highest BCUT2D eigenvalue weighted by atomic mass is 79.9. The molecule has 0 aliphatic rings. The fraction of sp³-hybridized carbons (Fsp3) is 0.0769. The van der Waals surface area contributed by atoms with Crippen LogP contribution in [0.4, 0.5) is 10.1 Å². The van der Waals surface area contributed by atoms with Gasteiger partial charge in [0.1, 0.15) is 5.82 Å². The van der Waals surface area contributed by atoms with E-state index in [1.807, 2.05) is 24.3 Å². The van der Waals surface area contributed by atoms with Crippen LogP contribution in [0.25, 0.3) is 0 Å². The zero-order valence-corrected chi connectivity index (χ0v) is 12.4. The summed E-state index contributed by atoms with van der Waals surface area (Å²) in [5.41, 5.74) is 7.27. The van der Waals surface area contributed by atoms with Gasteiger partial charge in [-0.15, -0.1) is 11.8 Å². The molecule has 1 nitrogen and oxygen atoms in total. The maximum Gasteiger partial charge on any atom is 0.142 e. The summed E-state index contributed by atoms with van der Waals surface area (Å²) in [7, 11) is 0. The number of thioether (sulfide) groups is 1. The van der Waals surface area contributed by atoms with Gasteiger partial charge in [-0.05, 0) is 51.8 Å². The molecular formula is C13H10BrClFNS. The van der Waals surface area contributed by atoms with Crippen molar-refractivity contribution in [3.8, 4) is 0 Å². The molecule has 0 amide bonds. The van der Waals surface area contributed by atoms with Crippen molar-refractivity contribution in [3.05, 3.63) is 57.3 Å². The van der Waals surface area contributed by atoms with E-state index in [-0.39, 0.29) is 10.8 Å². The SMILES string of the molecule is Nc1ccc(SCc2ccc(Cl)c(F)c2)c(Br)c1. The van der Waals surface area contributed by atoms with E-state index in [2.05, 4.69) is 15.9 Å². The van der Waals surface area contributed by atoms with E-state index < -0.39 is 0 Å². The van der Waals surface area contributed by atoms with Crippen LogP contribution in [0.15, 0.2) is 45.8 Å². The zero-order chi connectivity index (χ0) is 13.1. The highest BCUT2D eigenvalue weighted by Gasteiger charge is 2.04. The quantitative estimate of drug-likeness (QED) is 0.617. The first-order valence-corrected chi connectivity index (χ1v) is 7.33. The minimum absolute atomic E-state index is 0.150. The first-order chi connectivity index (χ1) is 8.56. The molecule has 0 aliphatic heterocycles. The monoisotopic (exact) mass is 345 g/mol. The number of anilines is 1. The van der Waals surface area contributed by atoms with Crippen LogP contribution in [0.3, 0.4) is 0 Å². The van der Waals surface area contributed by atoms with Crippen LogP contribution in [0.1, 0.15) is 5.56 Å². The highest BCUT2D eigenvalue weighted by Crippen LogP contribution is 2.31. The second-order valence-corrected chi connectivity index (χ2v) is 6.01. The summed E-state index contributed by atoms with van der Waals surface area (Å²) in [5, 5.41) is 0.150. The van der Waals surface area contributed by atoms with E-state index in [0.29, 0.717) is 11.4 Å². The predicted molar refractivity (Wildman–Crippen MR) is 79.5 cm³/mol. The normalized spacial score (nSPS) is 10.6. The van der Waals surface area contributed by atoms with Crippen LogP contribution in [0.2, 0.25) is 5.02 Å². The molecule has 2 N–H and O–H groups in total. The average Bonchev–Trinajstić information content (AvgIpc) is 2.32. The maximum absolute atomic E-state index is 13.3. The molecule has 18 heavy (non-hydrogen) atoms. The van der Waals surface area contributed by atoms with Gasteiger partial charge in [0, 0.05) is 20.8 Å². The number of nitrogen functional groups attached to an aromatic ring is 1. The van der Waals surface area contributed by atoms with Crippen LogP contribution >= 0.6 is 39.3 Å². The summed E-state index contributed by atoms with van der Waals surface area (Å²) < 4.78 is 14.2. The van der Waals surface area contributed by atoms with Crippen molar-refractivity contribution in [2.24, 2.45) is 0 Å². The van der Waals surface area contributed by atoms with Crippen molar-refractivity contribution in [1.82, 2.24) is 0 Å². The smallest absolute Gasteiger partial charge is 0.142 e. The molecule has 0 spiro atoms. The van der Waals surface area contributed by atoms with Crippen LogP contribution in [-0.4, -0.2) is 0 Å². The average molecular weight is 347 g/mol. The third-order valence-electron chi connectivity index (χ3n) is 2.33. The van der Waals surface area contributed by atoms with Crippen LogP contribution in [0.5, 0.6) is 0 Å². The molecule has 2 rings (SSSR count). The third-order valence-corrected chi connectivity index (χ3v) is 4.70. The Balaban J connectivity index is 2.09. The highest BCUT2D eigenvalue weighted by molar-refractivity contribution is 9.10. The van der Waals surface area contributed by atoms with Gasteiger partial charge in [-0.25, -0.2) is 4.39 Å². The summed E-state index contributed by atoms with van der Waals surface area (Å²) in [6, 6.07) is 10.5. The predicted octanol–water partition coefficient (Wildman–Crippen LogP) is 5.12. The van der Waals surface area contributed by atoms with E-state index in [4.69, 9.17) is 17.3 Å². The van der Waals surface area contributed by atoms with E-state index in [9.17, 15) is 4.39 Å². The fourth-order valence-corrected chi connectivity index (χ4v) is 3.14. The standard InChI is InChI=1S/C13H10BrClFNS/c14-10-6-9(17)2-4-13(10)18-7-8-1-3-11(15)12(16)5-8/h1-6H,7,17H2. The third kappa shape index (κ3) is 3.40. The Hall–Kier alpha value is -0.710. The van der Waals surface area contributed by atoms with Crippen LogP contribution in [0, 0.1) is 5.82 Å². The van der Waals surface area contributed by atoms with Crippen molar-refractivity contribution in [2.75, 3.05) is 5.73 Å². The van der Waals surface area contributed by atoms with E-state index in [0.717, 1.165) is 14.9 Å². The number of rotatable bonds is 3. The number of halogens is 3. The van der Waals surface area contributed by atoms with Gasteiger partial charge in [0.15, 0.2) is 0 Å². The molecule has 0 aromatic heterocycles. The molecular weight excluding hydrogens is 337 g/mol. The van der Waals surface area contributed by atoms with Crippen LogP contribution < -0.4 is 5.73 Å². The Morgan fingerprint density at radius 3 is 2.67 bits per heavy atom. The van der Waals surface area contributed by atoms with E-state index >= 15 is 0 Å². The Labute approximate surface area is 123 Å². The zero-order valence-electron chi connectivity index (χ0n) is 9.29. The summed E-state index contributed by atoms with van der Waals surface area (Å²) in [6.07, 6.45) is 0. The molecule has 0 aliphatic carbocycles. The molecule has 0 atom stereocenters. The van der Waals surface area contributed by atoms with Gasteiger partial charge in [-0.1, -0.05) is 17.7 Å². The Bertz CT molecular complexity index is 577. The van der Waals surface area contributed by atoms with Crippen molar-refractivity contribution in [2.45, 2.75) is 10.6 Å². The van der Waals surface area contributed by atoms with Crippen molar-refractivity contribution >= 4 is 45.0 Å².